The minimum atomic E-state index is -3.99. The van der Waals surface area contributed by atoms with Crippen LogP contribution >= 0.6 is 0 Å². The Balaban J connectivity index is 1.33. The van der Waals surface area contributed by atoms with Crippen molar-refractivity contribution < 1.29 is 42.2 Å². The summed E-state index contributed by atoms with van der Waals surface area (Å²) in [7, 11) is -2.43. The van der Waals surface area contributed by atoms with Crippen molar-refractivity contribution in [1.82, 2.24) is 25.2 Å². The fourth-order valence-corrected chi connectivity index (χ4v) is 8.73. The number of amides is 4. The average molecular weight is 726 g/mol. The molecule has 4 amide bonds. The highest BCUT2D eigenvalue weighted by molar-refractivity contribution is 7.91. The summed E-state index contributed by atoms with van der Waals surface area (Å²) in [5.41, 5.74) is -0.814. The second-order valence-corrected chi connectivity index (χ2v) is 17.0. The molecule has 14 nitrogen and oxygen atoms in total. The largest absolute Gasteiger partial charge is 0.497 e. The predicted molar refractivity (Wildman–Crippen MR) is 187 cm³/mol. The number of ether oxygens (including phenoxy) is 2. The van der Waals surface area contributed by atoms with E-state index in [1.54, 1.807) is 32.4 Å². The summed E-state index contributed by atoms with van der Waals surface area (Å²) in [6, 6.07) is 4.94. The number of hydrogen-bond acceptors (Lipinski definition) is 9. The van der Waals surface area contributed by atoms with E-state index in [1.165, 1.54) is 4.90 Å². The number of benzene rings is 1. The molecule has 2 aliphatic heterocycles. The van der Waals surface area contributed by atoms with Crippen molar-refractivity contribution in [1.29, 1.82) is 0 Å². The van der Waals surface area contributed by atoms with Crippen LogP contribution in [0, 0.1) is 17.8 Å². The second-order valence-electron chi connectivity index (χ2n) is 14.8. The Labute approximate surface area is 297 Å². The molecule has 15 heteroatoms. The van der Waals surface area contributed by atoms with Crippen LogP contribution in [0.3, 0.4) is 0 Å². The smallest absolute Gasteiger partial charge is 0.405 e. The van der Waals surface area contributed by atoms with Crippen LogP contribution in [0.1, 0.15) is 72.1 Å². The Kier molecular flexibility index (Phi) is 9.96. The number of sulfonamides is 1. The molecule has 276 valence electrons. The van der Waals surface area contributed by atoms with Crippen LogP contribution in [0.15, 0.2) is 42.6 Å². The number of carbonyl (C=O) groups excluding carboxylic acids is 3. The van der Waals surface area contributed by atoms with Gasteiger partial charge in [-0.15, -0.1) is 0 Å². The molecule has 1 aromatic carbocycles. The van der Waals surface area contributed by atoms with Gasteiger partial charge in [0, 0.05) is 17.7 Å². The SMILES string of the molecule is CC[C@@H]1C[C@H](C)CC/C=C\C2CC2(C(=O)NS(=O)(=O)C2(C)CC2)NC(=O)[C@@H]2C[C@@H](Oc3cnc4ccc(OC)cc4c3)CN2C(=O)[C@H]1NC(=O)O. The first-order chi connectivity index (χ1) is 24.2. The van der Waals surface area contributed by atoms with Gasteiger partial charge in [0.05, 0.1) is 30.1 Å². The number of carbonyl (C=O) groups is 4. The van der Waals surface area contributed by atoms with E-state index in [-0.39, 0.29) is 31.2 Å². The number of aromatic nitrogens is 1. The normalized spacial score (nSPS) is 31.2. The molecule has 2 aromatic rings. The third-order valence-electron chi connectivity index (χ3n) is 11.1. The van der Waals surface area contributed by atoms with Gasteiger partial charge in [-0.2, -0.15) is 0 Å². The molecule has 2 aliphatic carbocycles. The van der Waals surface area contributed by atoms with Crippen molar-refractivity contribution in [3.63, 3.8) is 0 Å². The van der Waals surface area contributed by atoms with Gasteiger partial charge < -0.3 is 30.1 Å². The van der Waals surface area contributed by atoms with Crippen molar-refractivity contribution in [2.24, 2.45) is 17.8 Å². The van der Waals surface area contributed by atoms with Crippen LogP contribution in [0.5, 0.6) is 11.5 Å². The van der Waals surface area contributed by atoms with Crippen molar-refractivity contribution >= 4 is 44.7 Å². The maximum absolute atomic E-state index is 14.4. The topological polar surface area (TPSA) is 193 Å². The highest BCUT2D eigenvalue weighted by Crippen LogP contribution is 2.47. The first-order valence-electron chi connectivity index (χ1n) is 17.6. The summed E-state index contributed by atoms with van der Waals surface area (Å²) < 4.78 is 39.0. The van der Waals surface area contributed by atoms with Crippen LogP contribution in [0.4, 0.5) is 4.79 Å². The maximum Gasteiger partial charge on any atom is 0.405 e. The first kappa shape index (κ1) is 36.4. The van der Waals surface area contributed by atoms with Crippen molar-refractivity contribution in [3.8, 4) is 11.5 Å². The Morgan fingerprint density at radius 3 is 2.59 bits per heavy atom. The molecule has 1 aromatic heterocycles. The third kappa shape index (κ3) is 7.49. The Hall–Kier alpha value is -4.40. The number of pyridine rings is 1. The van der Waals surface area contributed by atoms with Gasteiger partial charge in [0.1, 0.15) is 35.2 Å². The zero-order chi connectivity index (χ0) is 36.7. The van der Waals surface area contributed by atoms with E-state index >= 15 is 0 Å². The van der Waals surface area contributed by atoms with E-state index in [1.807, 2.05) is 31.2 Å². The molecular weight excluding hydrogens is 678 g/mol. The molecule has 0 radical (unpaired) electrons. The van der Waals surface area contributed by atoms with Gasteiger partial charge in [0.25, 0.3) is 5.91 Å². The molecule has 4 aliphatic rings. The van der Waals surface area contributed by atoms with Gasteiger partial charge in [0.15, 0.2) is 0 Å². The summed E-state index contributed by atoms with van der Waals surface area (Å²) in [4.78, 5) is 60.4. The lowest BCUT2D eigenvalue weighted by molar-refractivity contribution is -0.142. The van der Waals surface area contributed by atoms with E-state index in [0.717, 1.165) is 11.8 Å². The Morgan fingerprint density at radius 2 is 1.90 bits per heavy atom. The fraction of sp³-hybridized carbons (Fsp3) is 0.583. The Morgan fingerprint density at radius 1 is 1.16 bits per heavy atom. The van der Waals surface area contributed by atoms with Crippen molar-refractivity contribution in [2.75, 3.05) is 13.7 Å². The summed E-state index contributed by atoms with van der Waals surface area (Å²) in [5, 5.41) is 15.9. The van der Waals surface area contributed by atoms with E-state index in [4.69, 9.17) is 9.47 Å². The van der Waals surface area contributed by atoms with Gasteiger partial charge in [-0.05, 0) is 81.5 Å². The highest BCUT2D eigenvalue weighted by atomic mass is 32.2. The molecular formula is C36H47N5O9S. The van der Waals surface area contributed by atoms with Crippen molar-refractivity contribution in [2.45, 2.75) is 101 Å². The molecule has 7 atom stereocenters. The number of hydrogen-bond donors (Lipinski definition) is 4. The number of rotatable bonds is 8. The van der Waals surface area contributed by atoms with Crippen LogP contribution in [0.2, 0.25) is 0 Å². The summed E-state index contributed by atoms with van der Waals surface area (Å²) in [5.74, 6) is -1.65. The maximum atomic E-state index is 14.4. The van der Waals surface area contributed by atoms with Gasteiger partial charge in [-0.3, -0.25) is 24.1 Å². The molecule has 0 bridgehead atoms. The van der Waals surface area contributed by atoms with Crippen LogP contribution in [0.25, 0.3) is 10.9 Å². The number of nitrogens with one attached hydrogen (secondary N) is 3. The highest BCUT2D eigenvalue weighted by Gasteiger charge is 2.63. The summed E-state index contributed by atoms with van der Waals surface area (Å²) >= 11 is 0. The lowest BCUT2D eigenvalue weighted by Crippen LogP contribution is -2.59. The van der Waals surface area contributed by atoms with Gasteiger partial charge in [0.2, 0.25) is 21.8 Å². The zero-order valence-corrected chi connectivity index (χ0v) is 30.2. The predicted octanol–water partition coefficient (Wildman–Crippen LogP) is 3.50. The number of fused-ring (bicyclic) bond motifs is 3. The molecule has 51 heavy (non-hydrogen) atoms. The standard InChI is InChI=1S/C36H47N5O9S/c1-5-22-14-21(2)8-6-7-9-24-18-36(24,33(44)40-51(47,48)35(3)12-13-35)39-31(42)29-17-27(20-41(29)32(43)30(22)38-34(45)46)50-26-16-23-15-25(49-4)10-11-28(23)37-19-26/h7,9-11,15-16,19,21-22,24,27,29-30,38H,5-6,8,12-14,17-18,20H2,1-4H3,(H,39,42)(H,40,44)(H,45,46)/b9-7-/t21-,22-,24?,27-,29+,30+,36?/m1/s1. The number of nitrogens with zero attached hydrogens (tertiary/aromatic N) is 2. The molecule has 4 N–H and O–H groups in total. The molecule has 2 unspecified atom stereocenters. The number of carboxylic acid groups (broad SMARTS) is 1. The minimum Gasteiger partial charge on any atom is -0.497 e. The monoisotopic (exact) mass is 725 g/mol. The second kappa shape index (κ2) is 14.0. The Bertz CT molecular complexity index is 1850. The zero-order valence-electron chi connectivity index (χ0n) is 29.4. The lowest BCUT2D eigenvalue weighted by atomic mass is 9.85. The average Bonchev–Trinajstić information content (AvgIpc) is 3.97. The van der Waals surface area contributed by atoms with E-state index in [0.29, 0.717) is 49.1 Å². The molecule has 0 spiro atoms. The first-order valence-corrected chi connectivity index (χ1v) is 19.1. The molecule has 3 fully saturated rings. The number of methoxy groups -OCH3 is 1. The molecule has 3 heterocycles. The van der Waals surface area contributed by atoms with Gasteiger partial charge in [-0.25, -0.2) is 13.2 Å². The lowest BCUT2D eigenvalue weighted by Gasteiger charge is -2.33. The quantitative estimate of drug-likeness (QED) is 0.293. The van der Waals surface area contributed by atoms with Crippen LogP contribution in [-0.4, -0.2) is 89.4 Å². The van der Waals surface area contributed by atoms with Crippen LogP contribution < -0.4 is 24.8 Å². The van der Waals surface area contributed by atoms with Gasteiger partial charge >= 0.3 is 6.09 Å². The fourth-order valence-electron chi connectivity index (χ4n) is 7.42. The number of allylic oxidation sites excluding steroid dienone is 1. The van der Waals surface area contributed by atoms with E-state index < -0.39 is 68.2 Å². The van der Waals surface area contributed by atoms with Gasteiger partial charge in [-0.1, -0.05) is 32.4 Å². The molecule has 6 rings (SSSR count). The van der Waals surface area contributed by atoms with Crippen molar-refractivity contribution in [3.05, 3.63) is 42.6 Å². The minimum absolute atomic E-state index is 0.0356. The summed E-state index contributed by atoms with van der Waals surface area (Å²) in [6.45, 7) is 5.50. The van der Waals surface area contributed by atoms with E-state index in [9.17, 15) is 32.7 Å². The van der Waals surface area contributed by atoms with Crippen LogP contribution in [-0.2, 0) is 24.4 Å². The third-order valence-corrected chi connectivity index (χ3v) is 13.2. The molecule has 1 saturated heterocycles. The molecule has 2 saturated carbocycles. The summed E-state index contributed by atoms with van der Waals surface area (Å²) in [6.07, 6.45) is 6.90. The van der Waals surface area contributed by atoms with E-state index in [2.05, 4.69) is 27.3 Å².